The third kappa shape index (κ3) is 3.44. The molecule has 3 aliphatic heterocycles. The summed E-state index contributed by atoms with van der Waals surface area (Å²) in [5.74, 6) is 2.37. The van der Waals surface area contributed by atoms with Gasteiger partial charge in [-0.3, -0.25) is 4.79 Å². The van der Waals surface area contributed by atoms with Crippen molar-refractivity contribution in [3.05, 3.63) is 47.0 Å². The Kier molecular flexibility index (Phi) is 4.83. The quantitative estimate of drug-likeness (QED) is 0.859. The molecule has 152 valence electrons. The maximum atomic E-state index is 13.2. The molecule has 0 aliphatic carbocycles. The number of rotatable bonds is 3. The molecule has 2 aromatic rings. The molecule has 1 saturated heterocycles. The summed E-state index contributed by atoms with van der Waals surface area (Å²) < 4.78 is 11.3. The number of nitrogens with one attached hydrogen (secondary N) is 1. The zero-order chi connectivity index (χ0) is 19.8. The number of benzene rings is 1. The van der Waals surface area contributed by atoms with Gasteiger partial charge in [0.05, 0.1) is 24.8 Å². The smallest absolute Gasteiger partial charge is 0.229 e. The SMILES string of the molecule is COc1cccc2c1OC[C@@H](C(=O)N1CCc3nc([C@H]4CCCN4)ncc3C1)C2. The highest BCUT2D eigenvalue weighted by molar-refractivity contribution is 5.80. The third-order valence-corrected chi connectivity index (χ3v) is 6.16. The number of nitrogens with zero attached hydrogens (tertiary/aromatic N) is 3. The molecule has 0 unspecified atom stereocenters. The second kappa shape index (κ2) is 7.63. The van der Waals surface area contributed by atoms with Crippen LogP contribution in [0.25, 0.3) is 0 Å². The largest absolute Gasteiger partial charge is 0.493 e. The van der Waals surface area contributed by atoms with Gasteiger partial charge in [-0.25, -0.2) is 9.97 Å². The van der Waals surface area contributed by atoms with Gasteiger partial charge in [0, 0.05) is 31.3 Å². The molecule has 5 rings (SSSR count). The first-order valence-corrected chi connectivity index (χ1v) is 10.4. The van der Waals surface area contributed by atoms with Crippen LogP contribution in [0.15, 0.2) is 24.4 Å². The van der Waals surface area contributed by atoms with Gasteiger partial charge in [0.15, 0.2) is 11.5 Å². The lowest BCUT2D eigenvalue weighted by Gasteiger charge is -2.33. The molecular weight excluding hydrogens is 368 g/mol. The molecule has 0 radical (unpaired) electrons. The van der Waals surface area contributed by atoms with Crippen LogP contribution in [-0.2, 0) is 24.2 Å². The molecule has 1 fully saturated rings. The average molecular weight is 394 g/mol. The van der Waals surface area contributed by atoms with E-state index in [1.54, 1.807) is 7.11 Å². The van der Waals surface area contributed by atoms with Crippen LogP contribution in [0, 0.1) is 5.92 Å². The van der Waals surface area contributed by atoms with Crippen LogP contribution in [0.1, 0.15) is 41.5 Å². The van der Waals surface area contributed by atoms with E-state index in [0.717, 1.165) is 53.5 Å². The standard InChI is InChI=1S/C22H26N4O3/c1-28-19-6-2-4-14-10-15(13-29-20(14)19)22(27)26-9-7-17-16(12-26)11-24-21(25-17)18-5-3-8-23-18/h2,4,6,11,15,18,23H,3,5,7-10,12-13H2,1H3/t15-,18+/m0/s1. The van der Waals surface area contributed by atoms with E-state index >= 15 is 0 Å². The molecule has 0 saturated carbocycles. The van der Waals surface area contributed by atoms with Crippen molar-refractivity contribution in [2.24, 2.45) is 5.92 Å². The van der Waals surface area contributed by atoms with Crippen molar-refractivity contribution in [1.29, 1.82) is 0 Å². The second-order valence-corrected chi connectivity index (χ2v) is 8.02. The fraction of sp³-hybridized carbons (Fsp3) is 0.500. The molecular formula is C22H26N4O3. The van der Waals surface area contributed by atoms with E-state index < -0.39 is 0 Å². The maximum Gasteiger partial charge on any atom is 0.229 e. The molecule has 29 heavy (non-hydrogen) atoms. The first-order chi connectivity index (χ1) is 14.2. The van der Waals surface area contributed by atoms with Gasteiger partial charge in [-0.05, 0) is 37.4 Å². The first kappa shape index (κ1) is 18.4. The fourth-order valence-electron chi connectivity index (χ4n) is 4.56. The lowest BCUT2D eigenvalue weighted by molar-refractivity contribution is -0.137. The molecule has 1 N–H and O–H groups in total. The number of hydrogen-bond acceptors (Lipinski definition) is 6. The number of aromatic nitrogens is 2. The molecule has 0 bridgehead atoms. The summed E-state index contributed by atoms with van der Waals surface area (Å²) in [6, 6.07) is 6.11. The number of carbonyl (C=O) groups is 1. The summed E-state index contributed by atoms with van der Waals surface area (Å²) in [6.45, 7) is 2.69. The van der Waals surface area contributed by atoms with Gasteiger partial charge in [-0.1, -0.05) is 12.1 Å². The number of para-hydroxylation sites is 1. The van der Waals surface area contributed by atoms with Crippen molar-refractivity contribution in [3.8, 4) is 11.5 Å². The number of carbonyl (C=O) groups excluding carboxylic acids is 1. The molecule has 4 heterocycles. The molecule has 1 aromatic heterocycles. The summed E-state index contributed by atoms with van der Waals surface area (Å²) in [5, 5.41) is 3.45. The van der Waals surface area contributed by atoms with Gasteiger partial charge >= 0.3 is 0 Å². The normalized spacial score (nSPS) is 23.1. The topological polar surface area (TPSA) is 76.6 Å². The van der Waals surface area contributed by atoms with E-state index in [1.165, 1.54) is 6.42 Å². The predicted molar refractivity (Wildman–Crippen MR) is 107 cm³/mol. The Morgan fingerprint density at radius 2 is 2.28 bits per heavy atom. The maximum absolute atomic E-state index is 13.2. The van der Waals surface area contributed by atoms with E-state index in [2.05, 4.69) is 10.3 Å². The van der Waals surface area contributed by atoms with Gasteiger partial charge in [-0.15, -0.1) is 0 Å². The Morgan fingerprint density at radius 1 is 1.34 bits per heavy atom. The van der Waals surface area contributed by atoms with E-state index in [1.807, 2.05) is 29.3 Å². The van der Waals surface area contributed by atoms with Crippen LogP contribution >= 0.6 is 0 Å². The number of amides is 1. The van der Waals surface area contributed by atoms with Crippen molar-refractivity contribution in [3.63, 3.8) is 0 Å². The van der Waals surface area contributed by atoms with Crippen molar-refractivity contribution >= 4 is 5.91 Å². The lowest BCUT2D eigenvalue weighted by Crippen LogP contribution is -2.43. The molecule has 0 spiro atoms. The zero-order valence-electron chi connectivity index (χ0n) is 16.7. The minimum absolute atomic E-state index is 0.144. The number of methoxy groups -OCH3 is 1. The summed E-state index contributed by atoms with van der Waals surface area (Å²) >= 11 is 0. The highest BCUT2D eigenvalue weighted by Crippen LogP contribution is 2.36. The van der Waals surface area contributed by atoms with Gasteiger partial charge < -0.3 is 19.7 Å². The fourth-order valence-corrected chi connectivity index (χ4v) is 4.56. The van der Waals surface area contributed by atoms with Crippen LogP contribution in [0.2, 0.25) is 0 Å². The first-order valence-electron chi connectivity index (χ1n) is 10.4. The highest BCUT2D eigenvalue weighted by Gasteiger charge is 2.33. The Morgan fingerprint density at radius 3 is 3.10 bits per heavy atom. The van der Waals surface area contributed by atoms with Crippen molar-refractivity contribution in [2.45, 2.75) is 38.3 Å². The predicted octanol–water partition coefficient (Wildman–Crippen LogP) is 2.05. The van der Waals surface area contributed by atoms with Crippen molar-refractivity contribution in [1.82, 2.24) is 20.2 Å². The second-order valence-electron chi connectivity index (χ2n) is 8.02. The van der Waals surface area contributed by atoms with Gasteiger partial charge in [0.2, 0.25) is 5.91 Å². The summed E-state index contributed by atoms with van der Waals surface area (Å²) in [6.07, 6.45) is 5.64. The van der Waals surface area contributed by atoms with E-state index in [4.69, 9.17) is 14.5 Å². The van der Waals surface area contributed by atoms with E-state index in [0.29, 0.717) is 26.1 Å². The number of hydrogen-bond donors (Lipinski definition) is 1. The molecule has 2 atom stereocenters. The Bertz CT molecular complexity index is 926. The summed E-state index contributed by atoms with van der Waals surface area (Å²) in [7, 11) is 1.64. The Labute approximate surface area is 170 Å². The number of ether oxygens (including phenoxy) is 2. The molecule has 1 aromatic carbocycles. The van der Waals surface area contributed by atoms with Crippen LogP contribution in [0.4, 0.5) is 0 Å². The molecule has 1 amide bonds. The lowest BCUT2D eigenvalue weighted by atomic mass is 9.94. The van der Waals surface area contributed by atoms with Crippen LogP contribution in [0.5, 0.6) is 11.5 Å². The van der Waals surface area contributed by atoms with Crippen LogP contribution < -0.4 is 14.8 Å². The monoisotopic (exact) mass is 394 g/mol. The third-order valence-electron chi connectivity index (χ3n) is 6.16. The van der Waals surface area contributed by atoms with Gasteiger partial charge in [0.25, 0.3) is 0 Å². The minimum atomic E-state index is -0.168. The average Bonchev–Trinajstić information content (AvgIpc) is 3.32. The van der Waals surface area contributed by atoms with Gasteiger partial charge in [0.1, 0.15) is 12.4 Å². The zero-order valence-corrected chi connectivity index (χ0v) is 16.7. The van der Waals surface area contributed by atoms with Crippen LogP contribution in [-0.4, -0.2) is 47.6 Å². The van der Waals surface area contributed by atoms with Crippen molar-refractivity contribution in [2.75, 3.05) is 26.8 Å². The van der Waals surface area contributed by atoms with Gasteiger partial charge in [-0.2, -0.15) is 0 Å². The molecule has 7 heteroatoms. The summed E-state index contributed by atoms with van der Waals surface area (Å²) in [4.78, 5) is 24.5. The number of fused-ring (bicyclic) bond motifs is 2. The van der Waals surface area contributed by atoms with E-state index in [-0.39, 0.29) is 17.9 Å². The Hall–Kier alpha value is -2.67. The van der Waals surface area contributed by atoms with Crippen molar-refractivity contribution < 1.29 is 14.3 Å². The summed E-state index contributed by atoms with van der Waals surface area (Å²) in [5.41, 5.74) is 3.18. The van der Waals surface area contributed by atoms with Crippen LogP contribution in [0.3, 0.4) is 0 Å². The molecule has 7 nitrogen and oxygen atoms in total. The highest BCUT2D eigenvalue weighted by atomic mass is 16.5. The Balaban J connectivity index is 1.28. The van der Waals surface area contributed by atoms with E-state index in [9.17, 15) is 4.79 Å². The minimum Gasteiger partial charge on any atom is -0.493 e. The molecule has 3 aliphatic rings.